The fourth-order valence-electron chi connectivity index (χ4n) is 2.94. The molecule has 2 aromatic heterocycles. The van der Waals surface area contributed by atoms with Crippen molar-refractivity contribution in [2.45, 2.75) is 20.3 Å². The normalized spacial score (nSPS) is 10.5. The lowest BCUT2D eigenvalue weighted by Gasteiger charge is -2.21. The summed E-state index contributed by atoms with van der Waals surface area (Å²) in [5.74, 6) is 0.664. The molecule has 144 valence electrons. The highest BCUT2D eigenvalue weighted by molar-refractivity contribution is 6.33. The van der Waals surface area contributed by atoms with Crippen molar-refractivity contribution in [3.63, 3.8) is 0 Å². The molecule has 1 aromatic carbocycles. The van der Waals surface area contributed by atoms with Gasteiger partial charge in [0.1, 0.15) is 5.82 Å². The van der Waals surface area contributed by atoms with Crippen LogP contribution in [0.2, 0.25) is 5.02 Å². The van der Waals surface area contributed by atoms with Gasteiger partial charge in [0.15, 0.2) is 0 Å². The Hall–Kier alpha value is -2.92. The molecule has 28 heavy (non-hydrogen) atoms. The number of hydrogen-bond acceptors (Lipinski definition) is 4. The lowest BCUT2D eigenvalue weighted by atomic mass is 10.1. The van der Waals surface area contributed by atoms with Crippen molar-refractivity contribution in [1.82, 2.24) is 9.97 Å². The topological polar surface area (TPSA) is 58.1 Å². The van der Waals surface area contributed by atoms with Crippen molar-refractivity contribution in [2.75, 3.05) is 23.3 Å². The average molecular weight is 395 g/mol. The second kappa shape index (κ2) is 9.33. The van der Waals surface area contributed by atoms with Gasteiger partial charge in [-0.05, 0) is 55.8 Å². The van der Waals surface area contributed by atoms with Gasteiger partial charge in [0.25, 0.3) is 5.91 Å². The molecule has 0 saturated carbocycles. The lowest BCUT2D eigenvalue weighted by Crippen LogP contribution is -2.24. The van der Waals surface area contributed by atoms with Gasteiger partial charge in [0.2, 0.25) is 0 Å². The lowest BCUT2D eigenvalue weighted by molar-refractivity contribution is 0.102. The van der Waals surface area contributed by atoms with E-state index >= 15 is 0 Å². The molecule has 0 fully saturated rings. The van der Waals surface area contributed by atoms with Crippen LogP contribution in [0.15, 0.2) is 60.9 Å². The van der Waals surface area contributed by atoms with E-state index < -0.39 is 0 Å². The van der Waals surface area contributed by atoms with Gasteiger partial charge in [0.05, 0.1) is 16.3 Å². The first-order valence-electron chi connectivity index (χ1n) is 9.35. The molecule has 0 atom stereocenters. The van der Waals surface area contributed by atoms with Crippen LogP contribution in [-0.4, -0.2) is 29.0 Å². The fraction of sp³-hybridized carbons (Fsp3) is 0.227. The third-order valence-corrected chi connectivity index (χ3v) is 4.70. The maximum absolute atomic E-state index is 12.6. The first kappa shape index (κ1) is 19.8. The molecule has 0 bridgehead atoms. The number of carbonyl (C=O) groups is 1. The average Bonchev–Trinajstić information content (AvgIpc) is 2.74. The van der Waals surface area contributed by atoms with Crippen LogP contribution in [0.3, 0.4) is 0 Å². The van der Waals surface area contributed by atoms with Crippen LogP contribution in [0, 0.1) is 0 Å². The van der Waals surface area contributed by atoms with E-state index in [1.54, 1.807) is 30.6 Å². The van der Waals surface area contributed by atoms with E-state index in [2.05, 4.69) is 34.0 Å². The number of anilines is 2. The first-order valence-corrected chi connectivity index (χ1v) is 9.73. The van der Waals surface area contributed by atoms with Crippen LogP contribution in [0.1, 0.15) is 30.6 Å². The largest absolute Gasteiger partial charge is 0.357 e. The van der Waals surface area contributed by atoms with Gasteiger partial charge in [-0.25, -0.2) is 4.98 Å². The van der Waals surface area contributed by atoms with Gasteiger partial charge in [0, 0.05) is 36.7 Å². The number of pyridine rings is 2. The molecule has 3 aromatic rings. The standard InChI is InChI=1S/C22H23ClN4O/c1-3-13-27(4-2)21-11-8-16(15-25-21)22(28)26-17-9-10-19(23)18(14-17)20-7-5-6-12-24-20/h5-12,14-15H,3-4,13H2,1-2H3,(H,26,28). The Kier molecular flexibility index (Phi) is 6.61. The van der Waals surface area contributed by atoms with E-state index in [0.29, 0.717) is 16.3 Å². The zero-order valence-electron chi connectivity index (χ0n) is 16.0. The Balaban J connectivity index is 1.76. The highest BCUT2D eigenvalue weighted by atomic mass is 35.5. The summed E-state index contributed by atoms with van der Waals surface area (Å²) < 4.78 is 0. The maximum atomic E-state index is 12.6. The molecule has 1 amide bonds. The van der Waals surface area contributed by atoms with Gasteiger partial charge in [-0.3, -0.25) is 9.78 Å². The van der Waals surface area contributed by atoms with Crippen LogP contribution < -0.4 is 10.2 Å². The van der Waals surface area contributed by atoms with Gasteiger partial charge < -0.3 is 10.2 Å². The van der Waals surface area contributed by atoms with E-state index in [-0.39, 0.29) is 5.91 Å². The summed E-state index contributed by atoms with van der Waals surface area (Å²) in [6.07, 6.45) is 4.37. The number of hydrogen-bond donors (Lipinski definition) is 1. The van der Waals surface area contributed by atoms with Gasteiger partial charge >= 0.3 is 0 Å². The van der Waals surface area contributed by atoms with Crippen molar-refractivity contribution in [3.8, 4) is 11.3 Å². The number of benzene rings is 1. The third-order valence-electron chi connectivity index (χ3n) is 4.37. The Morgan fingerprint density at radius 2 is 1.96 bits per heavy atom. The Morgan fingerprint density at radius 3 is 2.61 bits per heavy atom. The van der Waals surface area contributed by atoms with Crippen LogP contribution in [0.5, 0.6) is 0 Å². The van der Waals surface area contributed by atoms with Crippen molar-refractivity contribution >= 4 is 29.0 Å². The Bertz CT molecular complexity index is 929. The van der Waals surface area contributed by atoms with Crippen LogP contribution in [0.4, 0.5) is 11.5 Å². The second-order valence-corrected chi connectivity index (χ2v) is 6.76. The number of nitrogens with zero attached hydrogens (tertiary/aromatic N) is 3. The summed E-state index contributed by atoms with van der Waals surface area (Å²) in [6, 6.07) is 14.7. The predicted octanol–water partition coefficient (Wildman–Crippen LogP) is 5.29. The monoisotopic (exact) mass is 394 g/mol. The molecule has 0 unspecified atom stereocenters. The zero-order chi connectivity index (χ0) is 19.9. The van der Waals surface area contributed by atoms with Gasteiger partial charge in [-0.2, -0.15) is 0 Å². The summed E-state index contributed by atoms with van der Waals surface area (Å²) in [4.78, 5) is 23.6. The maximum Gasteiger partial charge on any atom is 0.257 e. The highest BCUT2D eigenvalue weighted by Gasteiger charge is 2.11. The summed E-state index contributed by atoms with van der Waals surface area (Å²) in [7, 11) is 0. The van der Waals surface area contributed by atoms with Crippen molar-refractivity contribution in [2.24, 2.45) is 0 Å². The molecule has 0 radical (unpaired) electrons. The number of amides is 1. The molecule has 3 rings (SSSR count). The summed E-state index contributed by atoms with van der Waals surface area (Å²) in [5, 5.41) is 3.49. The first-order chi connectivity index (χ1) is 13.6. The Morgan fingerprint density at radius 1 is 1.11 bits per heavy atom. The zero-order valence-corrected chi connectivity index (χ0v) is 16.8. The molecule has 1 N–H and O–H groups in total. The molecule has 0 aliphatic rings. The third kappa shape index (κ3) is 4.67. The summed E-state index contributed by atoms with van der Waals surface area (Å²) >= 11 is 6.30. The molecule has 0 aliphatic carbocycles. The predicted molar refractivity (Wildman–Crippen MR) is 115 cm³/mol. The highest BCUT2D eigenvalue weighted by Crippen LogP contribution is 2.29. The number of halogens is 1. The quantitative estimate of drug-likeness (QED) is 0.591. The summed E-state index contributed by atoms with van der Waals surface area (Å²) in [5.41, 5.74) is 2.68. The van der Waals surface area contributed by atoms with E-state index in [9.17, 15) is 4.79 Å². The molecule has 0 saturated heterocycles. The van der Waals surface area contributed by atoms with Crippen molar-refractivity contribution < 1.29 is 4.79 Å². The van der Waals surface area contributed by atoms with E-state index in [4.69, 9.17) is 11.6 Å². The molecular weight excluding hydrogens is 372 g/mol. The second-order valence-electron chi connectivity index (χ2n) is 6.35. The molecular formula is C22H23ClN4O. The molecule has 6 heteroatoms. The molecule has 5 nitrogen and oxygen atoms in total. The number of nitrogens with one attached hydrogen (secondary N) is 1. The number of carbonyl (C=O) groups excluding carboxylic acids is 1. The fourth-order valence-corrected chi connectivity index (χ4v) is 3.15. The van der Waals surface area contributed by atoms with Crippen LogP contribution in [-0.2, 0) is 0 Å². The molecule has 2 heterocycles. The van der Waals surface area contributed by atoms with Gasteiger partial charge in [-0.15, -0.1) is 0 Å². The minimum atomic E-state index is -0.216. The van der Waals surface area contributed by atoms with E-state index in [1.807, 2.05) is 30.3 Å². The minimum absolute atomic E-state index is 0.216. The Labute approximate surface area is 170 Å². The van der Waals surface area contributed by atoms with Crippen molar-refractivity contribution in [1.29, 1.82) is 0 Å². The smallest absolute Gasteiger partial charge is 0.257 e. The molecule has 0 aliphatic heterocycles. The van der Waals surface area contributed by atoms with E-state index in [1.165, 1.54) is 0 Å². The van der Waals surface area contributed by atoms with Crippen LogP contribution >= 0.6 is 11.6 Å². The minimum Gasteiger partial charge on any atom is -0.357 e. The van der Waals surface area contributed by atoms with Crippen molar-refractivity contribution in [3.05, 3.63) is 71.5 Å². The van der Waals surface area contributed by atoms with Crippen LogP contribution in [0.25, 0.3) is 11.3 Å². The van der Waals surface area contributed by atoms with E-state index in [0.717, 1.165) is 36.6 Å². The van der Waals surface area contributed by atoms with Gasteiger partial charge in [-0.1, -0.05) is 24.6 Å². The number of aromatic nitrogens is 2. The SMILES string of the molecule is CCCN(CC)c1ccc(C(=O)Nc2ccc(Cl)c(-c3ccccn3)c2)cn1. The number of rotatable bonds is 7. The molecule has 0 spiro atoms. The summed E-state index contributed by atoms with van der Waals surface area (Å²) in [6.45, 7) is 6.05.